The van der Waals surface area contributed by atoms with Crippen LogP contribution in [-0.2, 0) is 4.79 Å². The van der Waals surface area contributed by atoms with Gasteiger partial charge in [0.25, 0.3) is 0 Å². The van der Waals surface area contributed by atoms with Crippen LogP contribution in [0.25, 0.3) is 0 Å². The molecule has 0 aliphatic carbocycles. The molecular weight excluding hydrogens is 306 g/mol. The van der Waals surface area contributed by atoms with Gasteiger partial charge >= 0.3 is 0 Å². The highest BCUT2D eigenvalue weighted by atomic mass is 79.9. The summed E-state index contributed by atoms with van der Waals surface area (Å²) in [6.45, 7) is 3.54. The van der Waals surface area contributed by atoms with Crippen molar-refractivity contribution in [2.24, 2.45) is 0 Å². The molecule has 4 nitrogen and oxygen atoms in total. The van der Waals surface area contributed by atoms with Gasteiger partial charge in [-0.15, -0.1) is 0 Å². The second-order valence-corrected chi connectivity index (χ2v) is 6.11. The van der Waals surface area contributed by atoms with Crippen LogP contribution in [0.5, 0.6) is 0 Å². The molecule has 1 amide bonds. The van der Waals surface area contributed by atoms with E-state index in [1.165, 1.54) is 0 Å². The van der Waals surface area contributed by atoms with Gasteiger partial charge in [-0.3, -0.25) is 9.69 Å². The summed E-state index contributed by atoms with van der Waals surface area (Å²) in [5, 5.41) is 3.36. The number of nitrogens with one attached hydrogen (secondary N) is 1. The zero-order chi connectivity index (χ0) is 13.4. The molecule has 2 fully saturated rings. The van der Waals surface area contributed by atoms with Crippen molar-refractivity contribution in [1.82, 2.24) is 15.1 Å². The van der Waals surface area contributed by atoms with E-state index in [1.807, 2.05) is 36.2 Å². The van der Waals surface area contributed by atoms with Crippen molar-refractivity contribution in [3.63, 3.8) is 0 Å². The van der Waals surface area contributed by atoms with Crippen LogP contribution in [0, 0.1) is 0 Å². The normalized spacial score (nSPS) is 28.3. The topological polar surface area (TPSA) is 35.6 Å². The van der Waals surface area contributed by atoms with Crippen LogP contribution in [-0.4, -0.2) is 55.0 Å². The van der Waals surface area contributed by atoms with Crippen LogP contribution in [0.3, 0.4) is 0 Å². The minimum atomic E-state index is -0.162. The fourth-order valence-electron chi connectivity index (χ4n) is 3.06. The van der Waals surface area contributed by atoms with Crippen molar-refractivity contribution < 1.29 is 4.79 Å². The lowest BCUT2D eigenvalue weighted by Crippen LogP contribution is -2.63. The van der Waals surface area contributed by atoms with Crippen molar-refractivity contribution in [3.8, 4) is 0 Å². The predicted molar refractivity (Wildman–Crippen MR) is 77.9 cm³/mol. The molecule has 2 saturated heterocycles. The van der Waals surface area contributed by atoms with Gasteiger partial charge in [-0.05, 0) is 18.7 Å². The number of carbonyl (C=O) groups excluding carboxylic acids is 1. The SMILES string of the molecule is CN1CC2CNCCN2C(=O)C1c1ccccc1Br. The smallest absolute Gasteiger partial charge is 0.244 e. The first kappa shape index (κ1) is 13.1. The summed E-state index contributed by atoms with van der Waals surface area (Å²) in [5.74, 6) is 0.229. The number of likely N-dealkylation sites (N-methyl/N-ethyl adjacent to an activating group) is 1. The van der Waals surface area contributed by atoms with E-state index in [2.05, 4.69) is 26.1 Å². The number of hydrogen-bond acceptors (Lipinski definition) is 3. The number of carbonyl (C=O) groups is 1. The first-order valence-electron chi connectivity index (χ1n) is 6.64. The van der Waals surface area contributed by atoms with E-state index in [0.717, 1.165) is 36.2 Å². The third-order valence-corrected chi connectivity index (χ3v) is 4.73. The molecule has 2 unspecified atom stereocenters. The van der Waals surface area contributed by atoms with Gasteiger partial charge < -0.3 is 10.2 Å². The van der Waals surface area contributed by atoms with Gasteiger partial charge in [0, 0.05) is 30.7 Å². The summed E-state index contributed by atoms with van der Waals surface area (Å²) in [6.07, 6.45) is 0. The van der Waals surface area contributed by atoms with Crippen LogP contribution < -0.4 is 5.32 Å². The van der Waals surface area contributed by atoms with Gasteiger partial charge in [0.2, 0.25) is 5.91 Å². The Morgan fingerprint density at radius 1 is 1.37 bits per heavy atom. The van der Waals surface area contributed by atoms with E-state index in [-0.39, 0.29) is 11.9 Å². The maximum absolute atomic E-state index is 12.8. The number of piperazine rings is 2. The Kier molecular flexibility index (Phi) is 3.60. The van der Waals surface area contributed by atoms with Gasteiger partial charge in [-0.2, -0.15) is 0 Å². The molecule has 19 heavy (non-hydrogen) atoms. The zero-order valence-electron chi connectivity index (χ0n) is 11.0. The number of benzene rings is 1. The number of fused-ring (bicyclic) bond motifs is 1. The van der Waals surface area contributed by atoms with Gasteiger partial charge in [-0.1, -0.05) is 34.1 Å². The molecule has 3 rings (SSSR count). The minimum Gasteiger partial charge on any atom is -0.334 e. The van der Waals surface area contributed by atoms with Crippen LogP contribution in [0.2, 0.25) is 0 Å². The molecule has 0 aromatic heterocycles. The number of halogens is 1. The van der Waals surface area contributed by atoms with Gasteiger partial charge in [0.05, 0.1) is 6.04 Å². The Morgan fingerprint density at radius 3 is 2.95 bits per heavy atom. The average Bonchev–Trinajstić information content (AvgIpc) is 2.41. The molecule has 5 heteroatoms. The molecule has 0 saturated carbocycles. The maximum Gasteiger partial charge on any atom is 0.244 e. The van der Waals surface area contributed by atoms with E-state index in [9.17, 15) is 4.79 Å². The highest BCUT2D eigenvalue weighted by Gasteiger charge is 2.40. The number of nitrogens with zero attached hydrogens (tertiary/aromatic N) is 2. The minimum absolute atomic E-state index is 0.162. The van der Waals surface area contributed by atoms with Crippen molar-refractivity contribution >= 4 is 21.8 Å². The molecule has 2 atom stereocenters. The second-order valence-electron chi connectivity index (χ2n) is 5.25. The van der Waals surface area contributed by atoms with E-state index in [1.54, 1.807) is 0 Å². The second kappa shape index (κ2) is 5.23. The van der Waals surface area contributed by atoms with Crippen molar-refractivity contribution in [1.29, 1.82) is 0 Å². The third kappa shape index (κ3) is 2.30. The average molecular weight is 324 g/mol. The zero-order valence-corrected chi connectivity index (χ0v) is 12.6. The molecule has 102 valence electrons. The van der Waals surface area contributed by atoms with E-state index < -0.39 is 0 Å². The molecule has 2 aliphatic rings. The highest BCUT2D eigenvalue weighted by molar-refractivity contribution is 9.10. The summed E-state index contributed by atoms with van der Waals surface area (Å²) >= 11 is 3.57. The summed E-state index contributed by atoms with van der Waals surface area (Å²) in [7, 11) is 2.04. The Balaban J connectivity index is 1.93. The summed E-state index contributed by atoms with van der Waals surface area (Å²) in [5.41, 5.74) is 1.06. The molecule has 0 radical (unpaired) electrons. The first-order chi connectivity index (χ1) is 9.18. The van der Waals surface area contributed by atoms with E-state index in [0.29, 0.717) is 6.04 Å². The molecule has 2 aliphatic heterocycles. The summed E-state index contributed by atoms with van der Waals surface area (Å²) < 4.78 is 1.01. The van der Waals surface area contributed by atoms with Gasteiger partial charge in [0.15, 0.2) is 0 Å². The Morgan fingerprint density at radius 2 is 2.16 bits per heavy atom. The Bertz CT molecular complexity index is 493. The Hall–Kier alpha value is -0.910. The molecule has 1 N–H and O–H groups in total. The quantitative estimate of drug-likeness (QED) is 0.844. The van der Waals surface area contributed by atoms with Crippen molar-refractivity contribution in [3.05, 3.63) is 34.3 Å². The standard InChI is InChI=1S/C14H18BrN3O/c1-17-9-10-8-16-6-7-18(10)14(19)13(17)11-4-2-3-5-12(11)15/h2-5,10,13,16H,6-9H2,1H3. The van der Waals surface area contributed by atoms with Crippen LogP contribution in [0.1, 0.15) is 11.6 Å². The lowest BCUT2D eigenvalue weighted by Gasteiger charge is -2.47. The molecular formula is C14H18BrN3O. The molecule has 2 heterocycles. The van der Waals surface area contributed by atoms with Crippen LogP contribution >= 0.6 is 15.9 Å². The fourth-order valence-corrected chi connectivity index (χ4v) is 3.57. The van der Waals surface area contributed by atoms with Crippen molar-refractivity contribution in [2.75, 3.05) is 33.2 Å². The lowest BCUT2D eigenvalue weighted by atomic mass is 9.98. The van der Waals surface area contributed by atoms with Crippen LogP contribution in [0.4, 0.5) is 0 Å². The number of hydrogen-bond donors (Lipinski definition) is 1. The predicted octanol–water partition coefficient (Wildman–Crippen LogP) is 1.24. The number of amides is 1. The fraction of sp³-hybridized carbons (Fsp3) is 0.500. The highest BCUT2D eigenvalue weighted by Crippen LogP contribution is 2.32. The van der Waals surface area contributed by atoms with E-state index in [4.69, 9.17) is 0 Å². The lowest BCUT2D eigenvalue weighted by molar-refractivity contribution is -0.146. The Labute approximate surface area is 121 Å². The summed E-state index contributed by atoms with van der Waals surface area (Å²) in [6, 6.07) is 8.15. The summed E-state index contributed by atoms with van der Waals surface area (Å²) in [4.78, 5) is 17.0. The van der Waals surface area contributed by atoms with Gasteiger partial charge in [0.1, 0.15) is 6.04 Å². The largest absolute Gasteiger partial charge is 0.334 e. The molecule has 0 bridgehead atoms. The molecule has 1 aromatic carbocycles. The number of rotatable bonds is 1. The van der Waals surface area contributed by atoms with Crippen LogP contribution in [0.15, 0.2) is 28.7 Å². The first-order valence-corrected chi connectivity index (χ1v) is 7.43. The molecule has 1 aromatic rings. The maximum atomic E-state index is 12.8. The third-order valence-electron chi connectivity index (χ3n) is 4.01. The van der Waals surface area contributed by atoms with E-state index >= 15 is 0 Å². The van der Waals surface area contributed by atoms with Gasteiger partial charge in [-0.25, -0.2) is 0 Å². The molecule has 0 spiro atoms. The monoisotopic (exact) mass is 323 g/mol. The van der Waals surface area contributed by atoms with Crippen molar-refractivity contribution in [2.45, 2.75) is 12.1 Å².